The zero-order chi connectivity index (χ0) is 36.3. The number of ether oxygens (including phenoxy) is 3. The molecule has 0 bridgehead atoms. The molecule has 2 heterocycles. The van der Waals surface area contributed by atoms with E-state index in [1.165, 1.54) is 30.9 Å². The SMILES string of the molecule is [B]C(F)(P)Cn1c(C#CCN(C)c2ccc(S(C)(=O)=O)cc2OCCOC)cc2c1=CCCC=2N(C)C1CCC(N2CC(C)(COC)C2)CC1. The highest BCUT2D eigenvalue weighted by Gasteiger charge is 2.43. The Kier molecular flexibility index (Phi) is 12.4. The van der Waals surface area contributed by atoms with Gasteiger partial charge in [-0.2, -0.15) is 0 Å². The van der Waals surface area contributed by atoms with E-state index in [2.05, 4.69) is 57.0 Å². The molecular formula is C37H53BFN4O5PS. The smallest absolute Gasteiger partial charge is 0.175 e. The van der Waals surface area contributed by atoms with Gasteiger partial charge in [-0.25, -0.2) is 12.8 Å². The van der Waals surface area contributed by atoms with E-state index in [9.17, 15) is 12.8 Å². The number of benzene rings is 1. The summed E-state index contributed by atoms with van der Waals surface area (Å²) in [6.07, 6.45) is 9.80. The molecular weight excluding hydrogens is 673 g/mol. The number of alkyl halides is 1. The Labute approximate surface area is 301 Å². The Morgan fingerprint density at radius 1 is 1.12 bits per heavy atom. The van der Waals surface area contributed by atoms with Crippen molar-refractivity contribution in [3.8, 4) is 17.6 Å². The number of likely N-dealkylation sites (tertiary alicyclic amines) is 1. The molecule has 2 aliphatic carbocycles. The normalized spacial score (nSPS) is 21.6. The first-order chi connectivity index (χ1) is 23.6. The molecule has 13 heteroatoms. The number of anilines is 1. The Balaban J connectivity index is 1.37. The summed E-state index contributed by atoms with van der Waals surface area (Å²) in [5.41, 5.74) is 2.95. The van der Waals surface area contributed by atoms with Crippen LogP contribution in [0.1, 0.15) is 51.1 Å². The third-order valence-corrected chi connectivity index (χ3v) is 11.5. The molecule has 3 aliphatic rings. The maximum atomic E-state index is 15.0. The van der Waals surface area contributed by atoms with Gasteiger partial charge in [-0.1, -0.05) is 18.9 Å². The van der Waals surface area contributed by atoms with E-state index in [-0.39, 0.29) is 23.5 Å². The van der Waals surface area contributed by atoms with Gasteiger partial charge in [0.05, 0.1) is 47.9 Å². The standard InChI is InChI=1S/C37H53BFN4O5PS/c1-36(26-47-5)23-42(24-36)28-14-12-27(13-15-28)41(3)32-10-7-11-33-31(32)21-29(43(33)25-37(38,39)49)9-8-18-40(2)34-17-16-30(50(6,44)45)22-35(34)48-20-19-46-4/h11,16-17,21-22,27-28H,7,10,12-15,18-20,23-26,49H2,1-6H3. The summed E-state index contributed by atoms with van der Waals surface area (Å²) in [6, 6.07) is 8.01. The quantitative estimate of drug-likeness (QED) is 0.128. The fourth-order valence-electron chi connectivity index (χ4n) is 7.77. The van der Waals surface area contributed by atoms with Crippen molar-refractivity contribution in [3.05, 3.63) is 40.5 Å². The van der Waals surface area contributed by atoms with Crippen molar-refractivity contribution in [2.45, 2.75) is 74.3 Å². The monoisotopic (exact) mass is 726 g/mol. The largest absolute Gasteiger partial charge is 0.489 e. The molecule has 1 aromatic carbocycles. The number of methoxy groups -OCH3 is 2. The second kappa shape index (κ2) is 16.0. The maximum Gasteiger partial charge on any atom is 0.175 e. The van der Waals surface area contributed by atoms with Gasteiger partial charge in [0, 0.05) is 87.5 Å². The zero-order valence-electron chi connectivity index (χ0n) is 30.5. The van der Waals surface area contributed by atoms with Crippen LogP contribution in [0.25, 0.3) is 11.8 Å². The molecule has 0 amide bonds. The molecule has 272 valence electrons. The molecule has 1 saturated heterocycles. The molecule has 2 atom stereocenters. The first-order valence-corrected chi connectivity index (χ1v) is 19.9. The lowest BCUT2D eigenvalue weighted by atomic mass is 9.78. The fourth-order valence-corrected chi connectivity index (χ4v) is 8.58. The van der Waals surface area contributed by atoms with Gasteiger partial charge in [0.1, 0.15) is 20.2 Å². The molecule has 9 nitrogen and oxygen atoms in total. The van der Waals surface area contributed by atoms with Crippen LogP contribution in [0.15, 0.2) is 29.2 Å². The van der Waals surface area contributed by atoms with E-state index >= 15 is 0 Å². The van der Waals surface area contributed by atoms with Crippen LogP contribution in [0, 0.1) is 17.3 Å². The summed E-state index contributed by atoms with van der Waals surface area (Å²) in [7, 11) is 12.0. The minimum absolute atomic E-state index is 0.0479. The van der Waals surface area contributed by atoms with Gasteiger partial charge in [0.2, 0.25) is 0 Å². The highest BCUT2D eigenvalue weighted by atomic mass is 32.2. The van der Waals surface area contributed by atoms with Crippen LogP contribution < -0.4 is 20.2 Å². The van der Waals surface area contributed by atoms with Gasteiger partial charge in [0.15, 0.2) is 9.84 Å². The van der Waals surface area contributed by atoms with Crippen LogP contribution in [0.5, 0.6) is 5.75 Å². The summed E-state index contributed by atoms with van der Waals surface area (Å²) in [6.45, 7) is 6.27. The minimum atomic E-state index is -3.42. The van der Waals surface area contributed by atoms with Crippen molar-refractivity contribution in [2.24, 2.45) is 5.41 Å². The van der Waals surface area contributed by atoms with E-state index in [1.807, 2.05) is 16.5 Å². The molecule has 2 unspecified atom stereocenters. The summed E-state index contributed by atoms with van der Waals surface area (Å²) in [4.78, 5) is 7.18. The number of nitrogens with zero attached hydrogens (tertiary/aromatic N) is 4. The van der Waals surface area contributed by atoms with E-state index in [1.54, 1.807) is 26.4 Å². The Morgan fingerprint density at radius 3 is 2.48 bits per heavy atom. The lowest BCUT2D eigenvalue weighted by molar-refractivity contribution is -0.0722. The average molecular weight is 727 g/mol. The predicted octanol–water partition coefficient (Wildman–Crippen LogP) is 2.97. The topological polar surface area (TPSA) is 76.5 Å². The van der Waals surface area contributed by atoms with Crippen molar-refractivity contribution in [2.75, 3.05) is 78.9 Å². The molecule has 50 heavy (non-hydrogen) atoms. The summed E-state index contributed by atoms with van der Waals surface area (Å²) >= 11 is 0. The fraction of sp³-hybridized carbons (Fsp3) is 0.622. The lowest BCUT2D eigenvalue weighted by Gasteiger charge is -2.53. The molecule has 1 aromatic heterocycles. The predicted molar refractivity (Wildman–Crippen MR) is 203 cm³/mol. The maximum absolute atomic E-state index is 15.0. The Morgan fingerprint density at radius 2 is 1.84 bits per heavy atom. The molecule has 2 radical (unpaired) electrons. The second-order valence-electron chi connectivity index (χ2n) is 14.7. The van der Waals surface area contributed by atoms with Gasteiger partial charge in [-0.05, 0) is 62.6 Å². The molecule has 5 rings (SSSR count). The second-order valence-corrected chi connectivity index (χ2v) is 17.6. The van der Waals surface area contributed by atoms with Crippen molar-refractivity contribution in [3.63, 3.8) is 0 Å². The van der Waals surface area contributed by atoms with E-state index in [0.29, 0.717) is 42.4 Å². The van der Waals surface area contributed by atoms with Gasteiger partial charge >= 0.3 is 0 Å². The number of hydrogen-bond acceptors (Lipinski definition) is 8. The number of sulfone groups is 1. The number of hydrogen-bond donors (Lipinski definition) is 0. The van der Waals surface area contributed by atoms with Crippen molar-refractivity contribution in [1.82, 2.24) is 14.4 Å². The lowest BCUT2D eigenvalue weighted by Crippen LogP contribution is -2.61. The van der Waals surface area contributed by atoms with Crippen LogP contribution in [-0.4, -0.2) is 122 Å². The molecule has 2 aromatic rings. The summed E-state index contributed by atoms with van der Waals surface area (Å²) in [5, 5.41) is 0.0560. The third kappa shape index (κ3) is 9.27. The van der Waals surface area contributed by atoms with Crippen LogP contribution in [0.4, 0.5) is 10.1 Å². The first-order valence-electron chi connectivity index (χ1n) is 17.4. The Bertz CT molecular complexity index is 1800. The van der Waals surface area contributed by atoms with Crippen molar-refractivity contribution < 1.29 is 27.0 Å². The summed E-state index contributed by atoms with van der Waals surface area (Å²) in [5.74, 6) is 7.00. The van der Waals surface area contributed by atoms with E-state index < -0.39 is 15.1 Å². The van der Waals surface area contributed by atoms with E-state index in [0.717, 1.165) is 55.9 Å². The van der Waals surface area contributed by atoms with Crippen LogP contribution in [0.2, 0.25) is 0 Å². The van der Waals surface area contributed by atoms with Gasteiger partial charge in [-0.15, -0.1) is 9.24 Å². The average Bonchev–Trinajstić information content (AvgIpc) is 3.38. The van der Waals surface area contributed by atoms with Gasteiger partial charge in [-0.3, -0.25) is 4.90 Å². The number of rotatable bonds is 14. The van der Waals surface area contributed by atoms with Crippen LogP contribution in [0.3, 0.4) is 0 Å². The number of halogens is 1. The highest BCUT2D eigenvalue weighted by Crippen LogP contribution is 2.37. The van der Waals surface area contributed by atoms with Crippen LogP contribution in [-0.2, 0) is 25.9 Å². The van der Waals surface area contributed by atoms with Crippen molar-refractivity contribution >= 4 is 44.4 Å². The van der Waals surface area contributed by atoms with Gasteiger partial charge in [0.25, 0.3) is 0 Å². The summed E-state index contributed by atoms with van der Waals surface area (Å²) < 4.78 is 57.8. The zero-order valence-corrected chi connectivity index (χ0v) is 32.5. The Hall–Kier alpha value is -2.55. The molecule has 1 saturated carbocycles. The van der Waals surface area contributed by atoms with Crippen molar-refractivity contribution in [1.29, 1.82) is 0 Å². The molecule has 0 spiro atoms. The molecule has 1 aliphatic heterocycles. The van der Waals surface area contributed by atoms with Crippen LogP contribution >= 0.6 is 9.24 Å². The number of aromatic nitrogens is 1. The third-order valence-electron chi connectivity index (χ3n) is 10.2. The molecule has 2 fully saturated rings. The van der Waals surface area contributed by atoms with E-state index in [4.69, 9.17) is 22.1 Å². The molecule has 0 N–H and O–H groups in total. The first kappa shape index (κ1) is 38.7. The number of fused-ring (bicyclic) bond motifs is 1. The van der Waals surface area contributed by atoms with Gasteiger partial charge < -0.3 is 28.6 Å². The highest BCUT2D eigenvalue weighted by molar-refractivity contribution is 7.90. The minimum Gasteiger partial charge on any atom is -0.489 e.